The maximum atomic E-state index is 12.1. The summed E-state index contributed by atoms with van der Waals surface area (Å²) in [5.41, 5.74) is 5.13. The van der Waals surface area contributed by atoms with Gasteiger partial charge in [-0.3, -0.25) is 9.69 Å². The predicted molar refractivity (Wildman–Crippen MR) is 53.3 cm³/mol. The number of likely N-dealkylation sites (tertiary alicyclic amines) is 1. The molecule has 0 saturated carbocycles. The summed E-state index contributed by atoms with van der Waals surface area (Å²) < 4.78 is 36.2. The minimum Gasteiger partial charge on any atom is -0.368 e. The normalized spacial score (nSPS) is 23.3. The van der Waals surface area contributed by atoms with Gasteiger partial charge in [0.1, 0.15) is 0 Å². The van der Waals surface area contributed by atoms with Crippen molar-refractivity contribution in [3.63, 3.8) is 0 Å². The Morgan fingerprint density at radius 2 is 2.24 bits per heavy atom. The summed E-state index contributed by atoms with van der Waals surface area (Å²) in [5.74, 6) is -0.170. The van der Waals surface area contributed by atoms with E-state index in [1.165, 1.54) is 4.90 Å². The number of piperidine rings is 1. The van der Waals surface area contributed by atoms with Gasteiger partial charge >= 0.3 is 6.18 Å². The Hall–Kier alpha value is -1.29. The van der Waals surface area contributed by atoms with Gasteiger partial charge in [0.25, 0.3) is 0 Å². The van der Waals surface area contributed by atoms with Crippen molar-refractivity contribution in [2.45, 2.75) is 31.5 Å². The van der Waals surface area contributed by atoms with Crippen molar-refractivity contribution in [3.8, 4) is 6.07 Å². The summed E-state index contributed by atoms with van der Waals surface area (Å²) in [4.78, 5) is 12.5. The first-order valence-electron chi connectivity index (χ1n) is 5.18. The number of rotatable bonds is 3. The summed E-state index contributed by atoms with van der Waals surface area (Å²) >= 11 is 0. The van der Waals surface area contributed by atoms with E-state index >= 15 is 0 Å². The number of primary amides is 1. The maximum absolute atomic E-state index is 12.1. The van der Waals surface area contributed by atoms with Gasteiger partial charge in [-0.2, -0.15) is 18.4 Å². The van der Waals surface area contributed by atoms with E-state index in [0.717, 1.165) is 0 Å². The van der Waals surface area contributed by atoms with Crippen LogP contribution in [0.3, 0.4) is 0 Å². The second-order valence-corrected chi connectivity index (χ2v) is 3.99. The van der Waals surface area contributed by atoms with E-state index in [4.69, 9.17) is 11.0 Å². The number of hydrogen-bond acceptors (Lipinski definition) is 3. The summed E-state index contributed by atoms with van der Waals surface area (Å²) in [6, 6.07) is 1.15. The maximum Gasteiger partial charge on any atom is 0.390 e. The van der Waals surface area contributed by atoms with E-state index in [9.17, 15) is 18.0 Å². The largest absolute Gasteiger partial charge is 0.390 e. The molecule has 0 aromatic heterocycles. The third-order valence-electron chi connectivity index (χ3n) is 2.75. The van der Waals surface area contributed by atoms with E-state index in [1.54, 1.807) is 0 Å². The molecule has 0 bridgehead atoms. The second kappa shape index (κ2) is 5.36. The Bertz CT molecular complexity index is 324. The molecule has 2 N–H and O–H groups in total. The zero-order chi connectivity index (χ0) is 13.1. The molecule has 0 aliphatic carbocycles. The minimum absolute atomic E-state index is 0.143. The lowest BCUT2D eigenvalue weighted by atomic mass is 9.91. The van der Waals surface area contributed by atoms with Gasteiger partial charge in [0, 0.05) is 13.1 Å². The SMILES string of the molecule is N#C[C]1CCN(CCC(F)(F)F)C(C(N)=O)C1. The molecular weight excluding hydrogens is 235 g/mol. The summed E-state index contributed by atoms with van der Waals surface area (Å²) in [6.07, 6.45) is -4.68. The van der Waals surface area contributed by atoms with Crippen molar-refractivity contribution in [1.29, 1.82) is 5.26 Å². The lowest BCUT2D eigenvalue weighted by molar-refractivity contribution is -0.142. The molecule has 0 spiro atoms. The summed E-state index contributed by atoms with van der Waals surface area (Å²) in [6.45, 7) is 0.0163. The summed E-state index contributed by atoms with van der Waals surface area (Å²) in [5, 5.41) is 8.70. The Labute approximate surface area is 97.2 Å². The standard InChI is InChI=1S/C10H13F3N3O/c11-10(12,13)2-4-16-3-1-7(6-14)5-8(16)9(15)17/h8H,1-5H2,(H2,15,17). The second-order valence-electron chi connectivity index (χ2n) is 3.99. The van der Waals surface area contributed by atoms with Crippen LogP contribution in [-0.4, -0.2) is 36.1 Å². The molecule has 17 heavy (non-hydrogen) atoms. The van der Waals surface area contributed by atoms with Crippen LogP contribution in [0.5, 0.6) is 0 Å². The van der Waals surface area contributed by atoms with Gasteiger partial charge in [0.15, 0.2) is 0 Å². The van der Waals surface area contributed by atoms with Gasteiger partial charge in [-0.15, -0.1) is 0 Å². The van der Waals surface area contributed by atoms with Crippen LogP contribution in [0.25, 0.3) is 0 Å². The first-order chi connectivity index (χ1) is 7.83. The highest BCUT2D eigenvalue weighted by atomic mass is 19.4. The molecule has 1 radical (unpaired) electrons. The topological polar surface area (TPSA) is 70.1 Å². The van der Waals surface area contributed by atoms with Crippen molar-refractivity contribution < 1.29 is 18.0 Å². The number of halogens is 3. The van der Waals surface area contributed by atoms with Crippen LogP contribution in [0.15, 0.2) is 0 Å². The number of carbonyl (C=O) groups excluding carboxylic acids is 1. The lowest BCUT2D eigenvalue weighted by Gasteiger charge is -2.35. The van der Waals surface area contributed by atoms with Gasteiger partial charge in [-0.25, -0.2) is 0 Å². The van der Waals surface area contributed by atoms with E-state index in [1.807, 2.05) is 6.07 Å². The van der Waals surface area contributed by atoms with E-state index in [2.05, 4.69) is 0 Å². The fraction of sp³-hybridized carbons (Fsp3) is 0.700. The fourth-order valence-corrected chi connectivity index (χ4v) is 1.82. The van der Waals surface area contributed by atoms with Crippen LogP contribution in [-0.2, 0) is 4.79 Å². The molecule has 0 aromatic rings. The Kier molecular flexibility index (Phi) is 4.34. The van der Waals surface area contributed by atoms with Crippen molar-refractivity contribution >= 4 is 5.91 Å². The van der Waals surface area contributed by atoms with E-state index < -0.39 is 24.5 Å². The molecule has 1 fully saturated rings. The molecule has 0 aromatic carbocycles. The number of nitrogens with two attached hydrogens (primary N) is 1. The van der Waals surface area contributed by atoms with Crippen LogP contribution < -0.4 is 5.73 Å². The third kappa shape index (κ3) is 4.23. The Morgan fingerprint density at radius 1 is 1.59 bits per heavy atom. The number of amides is 1. The number of nitrogens with zero attached hydrogens (tertiary/aromatic N) is 2. The highest BCUT2D eigenvalue weighted by Crippen LogP contribution is 2.26. The van der Waals surface area contributed by atoms with Crippen molar-refractivity contribution in [2.75, 3.05) is 13.1 Å². The van der Waals surface area contributed by atoms with Crippen LogP contribution in [0.4, 0.5) is 13.2 Å². The Morgan fingerprint density at radius 3 is 2.71 bits per heavy atom. The molecule has 95 valence electrons. The minimum atomic E-state index is -4.25. The van der Waals surface area contributed by atoms with Crippen LogP contribution in [0, 0.1) is 17.2 Å². The highest BCUT2D eigenvalue weighted by molar-refractivity contribution is 5.80. The molecule has 1 amide bonds. The smallest absolute Gasteiger partial charge is 0.368 e. The van der Waals surface area contributed by atoms with Crippen LogP contribution >= 0.6 is 0 Å². The monoisotopic (exact) mass is 248 g/mol. The van der Waals surface area contributed by atoms with Gasteiger partial charge in [0.2, 0.25) is 5.91 Å². The molecule has 1 heterocycles. The molecule has 4 nitrogen and oxygen atoms in total. The van der Waals surface area contributed by atoms with Gasteiger partial charge in [-0.1, -0.05) is 0 Å². The molecule has 1 aliphatic heterocycles. The molecule has 1 saturated heterocycles. The van der Waals surface area contributed by atoms with Crippen LogP contribution in [0.1, 0.15) is 19.3 Å². The predicted octanol–water partition coefficient (Wildman–Crippen LogP) is 0.987. The first kappa shape index (κ1) is 13.8. The quantitative estimate of drug-likeness (QED) is 0.809. The first-order valence-corrected chi connectivity index (χ1v) is 5.18. The zero-order valence-electron chi connectivity index (χ0n) is 9.13. The zero-order valence-corrected chi connectivity index (χ0v) is 9.13. The van der Waals surface area contributed by atoms with Gasteiger partial charge in [-0.05, 0) is 12.8 Å². The lowest BCUT2D eigenvalue weighted by Crippen LogP contribution is -2.50. The van der Waals surface area contributed by atoms with E-state index in [-0.39, 0.29) is 19.5 Å². The number of nitriles is 1. The molecule has 1 unspecified atom stereocenters. The van der Waals surface area contributed by atoms with Crippen molar-refractivity contribution in [3.05, 3.63) is 5.92 Å². The average molecular weight is 248 g/mol. The molecular formula is C10H13F3N3O. The highest BCUT2D eigenvalue weighted by Gasteiger charge is 2.35. The van der Waals surface area contributed by atoms with E-state index in [0.29, 0.717) is 12.3 Å². The summed E-state index contributed by atoms with van der Waals surface area (Å²) in [7, 11) is 0. The third-order valence-corrected chi connectivity index (χ3v) is 2.75. The number of carbonyl (C=O) groups is 1. The molecule has 1 rings (SSSR count). The molecule has 1 aliphatic rings. The van der Waals surface area contributed by atoms with Gasteiger partial charge in [0.05, 0.1) is 24.4 Å². The van der Waals surface area contributed by atoms with Crippen molar-refractivity contribution in [2.24, 2.45) is 5.73 Å². The fourth-order valence-electron chi connectivity index (χ4n) is 1.82. The van der Waals surface area contributed by atoms with Gasteiger partial charge < -0.3 is 5.73 Å². The van der Waals surface area contributed by atoms with Crippen LogP contribution in [0.2, 0.25) is 0 Å². The molecule has 7 heteroatoms. The Balaban J connectivity index is 2.59. The average Bonchev–Trinajstić information content (AvgIpc) is 2.25. The number of hydrogen-bond donors (Lipinski definition) is 1. The number of alkyl halides is 3. The van der Waals surface area contributed by atoms with Crippen molar-refractivity contribution in [1.82, 2.24) is 4.90 Å². The molecule has 1 atom stereocenters.